The van der Waals surface area contributed by atoms with Crippen molar-refractivity contribution in [3.63, 3.8) is 0 Å². The van der Waals surface area contributed by atoms with Crippen LogP contribution in [0.5, 0.6) is 0 Å². The third kappa shape index (κ3) is 8.25. The van der Waals surface area contributed by atoms with E-state index >= 15 is 0 Å². The Morgan fingerprint density at radius 2 is 1.47 bits per heavy atom. The highest BCUT2D eigenvalue weighted by Gasteiger charge is 2.14. The first-order valence-corrected chi connectivity index (χ1v) is 7.23. The lowest BCUT2D eigenvalue weighted by atomic mass is 10.0. The summed E-state index contributed by atoms with van der Waals surface area (Å²) in [7, 11) is 0. The first-order chi connectivity index (χ1) is 8.74. The lowest BCUT2D eigenvalue weighted by Gasteiger charge is -2.29. The van der Waals surface area contributed by atoms with E-state index in [2.05, 4.69) is 62.9 Å². The molecule has 0 aromatic heterocycles. The molecule has 1 aromatic carbocycles. The molecular formula is C16H31ClN2. The Bertz CT molecular complexity index is 271. The largest absolute Gasteiger partial charge is 0.330 e. The van der Waals surface area contributed by atoms with Gasteiger partial charge in [0, 0.05) is 6.04 Å². The molecule has 1 rings (SSSR count). The van der Waals surface area contributed by atoms with E-state index < -0.39 is 0 Å². The Hall–Kier alpha value is -0.570. The standard InChI is InChI=1S/C13H21N.C3H9N.ClH/c1-4-13(14(5-2)6-3)12-10-8-7-9-11-12;1-2-3-4;/h7-11,13H,4-6H2,1-3H3;2-4H2,1H3;1H. The van der Waals surface area contributed by atoms with Crippen molar-refractivity contribution in [2.45, 2.75) is 46.6 Å². The predicted octanol–water partition coefficient (Wildman–Crippen LogP) is 4.26. The summed E-state index contributed by atoms with van der Waals surface area (Å²) in [6, 6.07) is 11.4. The molecule has 1 atom stereocenters. The molecule has 2 nitrogen and oxygen atoms in total. The van der Waals surface area contributed by atoms with Crippen molar-refractivity contribution in [2.75, 3.05) is 19.6 Å². The first-order valence-electron chi connectivity index (χ1n) is 7.23. The zero-order valence-corrected chi connectivity index (χ0v) is 13.7. The third-order valence-electron chi connectivity index (χ3n) is 3.11. The maximum absolute atomic E-state index is 5.03. The Morgan fingerprint density at radius 3 is 1.79 bits per heavy atom. The molecule has 112 valence electrons. The second-order valence-corrected chi connectivity index (χ2v) is 4.34. The molecule has 0 saturated carbocycles. The summed E-state index contributed by atoms with van der Waals surface area (Å²) < 4.78 is 0. The van der Waals surface area contributed by atoms with Crippen molar-refractivity contribution in [1.29, 1.82) is 0 Å². The number of benzene rings is 1. The van der Waals surface area contributed by atoms with Gasteiger partial charge in [0.1, 0.15) is 0 Å². The van der Waals surface area contributed by atoms with Gasteiger partial charge in [0.25, 0.3) is 0 Å². The summed E-state index contributed by atoms with van der Waals surface area (Å²) in [5, 5.41) is 0. The summed E-state index contributed by atoms with van der Waals surface area (Å²) in [6.45, 7) is 11.9. The molecule has 1 aromatic rings. The number of halogens is 1. The van der Waals surface area contributed by atoms with Gasteiger partial charge in [0.15, 0.2) is 0 Å². The lowest BCUT2D eigenvalue weighted by molar-refractivity contribution is 0.213. The molecule has 0 fully saturated rings. The molecular weight excluding hydrogens is 256 g/mol. The molecule has 0 aliphatic carbocycles. The zero-order chi connectivity index (χ0) is 13.8. The number of rotatable bonds is 6. The van der Waals surface area contributed by atoms with E-state index in [4.69, 9.17) is 5.73 Å². The minimum Gasteiger partial charge on any atom is -0.330 e. The molecule has 0 heterocycles. The van der Waals surface area contributed by atoms with Gasteiger partial charge in [-0.25, -0.2) is 0 Å². The topological polar surface area (TPSA) is 29.3 Å². The molecule has 0 saturated heterocycles. The lowest BCUT2D eigenvalue weighted by Crippen LogP contribution is -2.27. The van der Waals surface area contributed by atoms with Crippen LogP contribution in [0.4, 0.5) is 0 Å². The molecule has 0 bridgehead atoms. The molecule has 0 radical (unpaired) electrons. The fourth-order valence-electron chi connectivity index (χ4n) is 2.04. The van der Waals surface area contributed by atoms with Crippen LogP contribution in [0.15, 0.2) is 30.3 Å². The quantitative estimate of drug-likeness (QED) is 0.847. The van der Waals surface area contributed by atoms with Crippen LogP contribution in [0.1, 0.15) is 52.1 Å². The Balaban J connectivity index is 0. The van der Waals surface area contributed by atoms with Gasteiger partial charge in [-0.3, -0.25) is 4.90 Å². The number of nitrogens with two attached hydrogens (primary N) is 1. The van der Waals surface area contributed by atoms with Crippen LogP contribution in [0, 0.1) is 0 Å². The smallest absolute Gasteiger partial charge is 0.0345 e. The van der Waals surface area contributed by atoms with E-state index in [0.29, 0.717) is 6.04 Å². The number of nitrogens with zero attached hydrogens (tertiary/aromatic N) is 1. The second kappa shape index (κ2) is 13.9. The van der Waals surface area contributed by atoms with Crippen LogP contribution in [0.2, 0.25) is 0 Å². The highest BCUT2D eigenvalue weighted by molar-refractivity contribution is 5.85. The van der Waals surface area contributed by atoms with Gasteiger partial charge in [-0.05, 0) is 38.0 Å². The van der Waals surface area contributed by atoms with Gasteiger partial charge < -0.3 is 5.73 Å². The third-order valence-corrected chi connectivity index (χ3v) is 3.11. The molecule has 1 unspecified atom stereocenters. The van der Waals surface area contributed by atoms with E-state index in [1.165, 1.54) is 12.0 Å². The van der Waals surface area contributed by atoms with Gasteiger partial charge in [-0.15, -0.1) is 12.4 Å². The van der Waals surface area contributed by atoms with Crippen LogP contribution >= 0.6 is 12.4 Å². The highest BCUT2D eigenvalue weighted by Crippen LogP contribution is 2.22. The molecule has 3 heteroatoms. The average molecular weight is 287 g/mol. The van der Waals surface area contributed by atoms with Gasteiger partial charge in [-0.1, -0.05) is 58.0 Å². The van der Waals surface area contributed by atoms with Gasteiger partial charge in [0.05, 0.1) is 0 Å². The minimum atomic E-state index is 0. The molecule has 0 spiro atoms. The minimum absolute atomic E-state index is 0. The summed E-state index contributed by atoms with van der Waals surface area (Å²) in [4.78, 5) is 2.51. The normalized spacial score (nSPS) is 11.3. The van der Waals surface area contributed by atoms with Crippen molar-refractivity contribution >= 4 is 12.4 Å². The van der Waals surface area contributed by atoms with Crippen LogP contribution < -0.4 is 5.73 Å². The van der Waals surface area contributed by atoms with Gasteiger partial charge in [-0.2, -0.15) is 0 Å². The molecule has 19 heavy (non-hydrogen) atoms. The van der Waals surface area contributed by atoms with Crippen molar-refractivity contribution in [3.8, 4) is 0 Å². The second-order valence-electron chi connectivity index (χ2n) is 4.34. The van der Waals surface area contributed by atoms with Crippen molar-refractivity contribution in [3.05, 3.63) is 35.9 Å². The summed E-state index contributed by atoms with van der Waals surface area (Å²) in [6.07, 6.45) is 2.28. The fourth-order valence-corrected chi connectivity index (χ4v) is 2.04. The Kier molecular flexibility index (Phi) is 15.1. The van der Waals surface area contributed by atoms with E-state index in [9.17, 15) is 0 Å². The number of hydrogen-bond acceptors (Lipinski definition) is 2. The first kappa shape index (κ1) is 20.7. The monoisotopic (exact) mass is 286 g/mol. The molecule has 2 N–H and O–H groups in total. The zero-order valence-electron chi connectivity index (χ0n) is 12.9. The van der Waals surface area contributed by atoms with Gasteiger partial charge in [0.2, 0.25) is 0 Å². The maximum Gasteiger partial charge on any atom is 0.0345 e. The average Bonchev–Trinajstić information content (AvgIpc) is 2.45. The van der Waals surface area contributed by atoms with E-state index in [1.54, 1.807) is 0 Å². The van der Waals surface area contributed by atoms with Crippen LogP contribution in [0.3, 0.4) is 0 Å². The van der Waals surface area contributed by atoms with Gasteiger partial charge >= 0.3 is 0 Å². The summed E-state index contributed by atoms with van der Waals surface area (Å²) >= 11 is 0. The van der Waals surface area contributed by atoms with Crippen LogP contribution in [-0.4, -0.2) is 24.5 Å². The van der Waals surface area contributed by atoms with Crippen molar-refractivity contribution in [1.82, 2.24) is 4.90 Å². The van der Waals surface area contributed by atoms with Crippen LogP contribution in [-0.2, 0) is 0 Å². The van der Waals surface area contributed by atoms with E-state index in [1.807, 2.05) is 0 Å². The number of hydrogen-bond donors (Lipinski definition) is 1. The van der Waals surface area contributed by atoms with E-state index in [0.717, 1.165) is 26.1 Å². The maximum atomic E-state index is 5.03. The Morgan fingerprint density at radius 1 is 1.00 bits per heavy atom. The SMILES string of the molecule is CCC(c1ccccc1)N(CC)CC.CCCN.Cl. The Labute approximate surface area is 125 Å². The fraction of sp³-hybridized carbons (Fsp3) is 0.625. The highest BCUT2D eigenvalue weighted by atomic mass is 35.5. The molecule has 0 aliphatic rings. The van der Waals surface area contributed by atoms with Crippen molar-refractivity contribution in [2.24, 2.45) is 5.73 Å². The van der Waals surface area contributed by atoms with Crippen molar-refractivity contribution < 1.29 is 0 Å². The van der Waals surface area contributed by atoms with E-state index in [-0.39, 0.29) is 12.4 Å². The predicted molar refractivity (Wildman–Crippen MR) is 89.0 cm³/mol. The molecule has 0 amide bonds. The van der Waals surface area contributed by atoms with Crippen LogP contribution in [0.25, 0.3) is 0 Å². The summed E-state index contributed by atoms with van der Waals surface area (Å²) in [5.74, 6) is 0. The molecule has 0 aliphatic heterocycles. The summed E-state index contributed by atoms with van der Waals surface area (Å²) in [5.41, 5.74) is 6.47.